The summed E-state index contributed by atoms with van der Waals surface area (Å²) in [5.74, 6) is -1.03. The van der Waals surface area contributed by atoms with Crippen molar-refractivity contribution in [3.05, 3.63) is 65.0 Å². The zero-order chi connectivity index (χ0) is 17.5. The van der Waals surface area contributed by atoms with Gasteiger partial charge in [0.2, 0.25) is 0 Å². The van der Waals surface area contributed by atoms with Crippen molar-refractivity contribution in [2.75, 3.05) is 13.7 Å². The van der Waals surface area contributed by atoms with Crippen molar-refractivity contribution in [3.63, 3.8) is 0 Å². The minimum absolute atomic E-state index is 0.227. The molecule has 1 N–H and O–H groups in total. The maximum absolute atomic E-state index is 12.8. The van der Waals surface area contributed by atoms with E-state index in [1.54, 1.807) is 24.3 Å². The van der Waals surface area contributed by atoms with Gasteiger partial charge in [0.05, 0.1) is 7.11 Å². The van der Waals surface area contributed by atoms with Gasteiger partial charge in [-0.2, -0.15) is 0 Å². The van der Waals surface area contributed by atoms with Gasteiger partial charge in [0.25, 0.3) is 5.91 Å². The van der Waals surface area contributed by atoms with E-state index in [0.29, 0.717) is 5.75 Å². The minimum atomic E-state index is -0.632. The highest BCUT2D eigenvalue weighted by atomic mass is 19.1. The van der Waals surface area contributed by atoms with Gasteiger partial charge in [-0.1, -0.05) is 23.8 Å². The SMILES string of the molecule is COc1ccc(C)cc1C(=O)OCC(=O)NCc1ccc(F)cc1. The molecule has 0 atom stereocenters. The standard InChI is InChI=1S/C18H18FNO4/c1-12-3-8-16(23-2)15(9-12)18(22)24-11-17(21)20-10-13-4-6-14(19)7-5-13/h3-9H,10-11H2,1-2H3,(H,20,21). The van der Waals surface area contributed by atoms with Crippen molar-refractivity contribution in [2.45, 2.75) is 13.5 Å². The van der Waals surface area contributed by atoms with Crippen molar-refractivity contribution in [3.8, 4) is 5.75 Å². The average Bonchev–Trinajstić information content (AvgIpc) is 2.59. The van der Waals surface area contributed by atoms with E-state index in [4.69, 9.17) is 9.47 Å². The Balaban J connectivity index is 1.86. The van der Waals surface area contributed by atoms with E-state index in [-0.39, 0.29) is 17.9 Å². The summed E-state index contributed by atoms with van der Waals surface area (Å²) in [4.78, 5) is 23.8. The van der Waals surface area contributed by atoms with Crippen LogP contribution in [0.1, 0.15) is 21.5 Å². The van der Waals surface area contributed by atoms with E-state index < -0.39 is 18.5 Å². The number of nitrogens with one attached hydrogen (secondary N) is 1. The van der Waals surface area contributed by atoms with Crippen molar-refractivity contribution < 1.29 is 23.5 Å². The number of amides is 1. The van der Waals surface area contributed by atoms with Crippen LogP contribution in [-0.2, 0) is 16.1 Å². The molecule has 0 aliphatic carbocycles. The van der Waals surface area contributed by atoms with Crippen LogP contribution in [0.3, 0.4) is 0 Å². The van der Waals surface area contributed by atoms with E-state index in [2.05, 4.69) is 5.32 Å². The second-order valence-electron chi connectivity index (χ2n) is 5.18. The average molecular weight is 331 g/mol. The van der Waals surface area contributed by atoms with Gasteiger partial charge in [-0.05, 0) is 36.8 Å². The smallest absolute Gasteiger partial charge is 0.342 e. The van der Waals surface area contributed by atoms with Gasteiger partial charge >= 0.3 is 5.97 Å². The molecule has 0 aliphatic rings. The number of rotatable bonds is 6. The summed E-state index contributed by atoms with van der Waals surface area (Å²) >= 11 is 0. The van der Waals surface area contributed by atoms with Gasteiger partial charge in [-0.15, -0.1) is 0 Å². The Hall–Kier alpha value is -2.89. The normalized spacial score (nSPS) is 10.1. The highest BCUT2D eigenvalue weighted by Crippen LogP contribution is 2.20. The first-order chi connectivity index (χ1) is 11.5. The number of hydrogen-bond acceptors (Lipinski definition) is 4. The zero-order valence-electron chi connectivity index (χ0n) is 13.5. The van der Waals surface area contributed by atoms with E-state index in [0.717, 1.165) is 11.1 Å². The molecular formula is C18H18FNO4. The quantitative estimate of drug-likeness (QED) is 0.827. The van der Waals surface area contributed by atoms with Crippen LogP contribution in [0.2, 0.25) is 0 Å². The van der Waals surface area contributed by atoms with Gasteiger partial charge in [0, 0.05) is 6.54 Å². The summed E-state index contributed by atoms with van der Waals surface area (Å²) in [6.07, 6.45) is 0. The summed E-state index contributed by atoms with van der Waals surface area (Å²) in [6, 6.07) is 10.9. The number of halogens is 1. The topological polar surface area (TPSA) is 64.6 Å². The summed E-state index contributed by atoms with van der Waals surface area (Å²) in [6.45, 7) is 1.66. The van der Waals surface area contributed by atoms with Crippen LogP contribution in [0.25, 0.3) is 0 Å². The first-order valence-electron chi connectivity index (χ1n) is 7.32. The first-order valence-corrected chi connectivity index (χ1v) is 7.32. The number of benzene rings is 2. The van der Waals surface area contributed by atoms with Gasteiger partial charge < -0.3 is 14.8 Å². The highest BCUT2D eigenvalue weighted by Gasteiger charge is 2.15. The molecular weight excluding hydrogens is 313 g/mol. The number of esters is 1. The summed E-state index contributed by atoms with van der Waals surface area (Å²) in [5.41, 5.74) is 1.89. The number of hydrogen-bond donors (Lipinski definition) is 1. The van der Waals surface area contributed by atoms with Crippen molar-refractivity contribution in [2.24, 2.45) is 0 Å². The van der Waals surface area contributed by atoms with Crippen LogP contribution in [0.15, 0.2) is 42.5 Å². The largest absolute Gasteiger partial charge is 0.496 e. The molecule has 0 heterocycles. The maximum Gasteiger partial charge on any atom is 0.342 e. The number of carbonyl (C=O) groups excluding carboxylic acids is 2. The molecule has 0 aromatic heterocycles. The minimum Gasteiger partial charge on any atom is -0.496 e. The molecule has 2 rings (SSSR count). The van der Waals surface area contributed by atoms with Crippen LogP contribution in [0.5, 0.6) is 5.75 Å². The van der Waals surface area contributed by atoms with E-state index in [1.807, 2.05) is 13.0 Å². The second-order valence-corrected chi connectivity index (χ2v) is 5.18. The van der Waals surface area contributed by atoms with Crippen molar-refractivity contribution >= 4 is 11.9 Å². The predicted octanol–water partition coefficient (Wildman–Crippen LogP) is 2.62. The van der Waals surface area contributed by atoms with Crippen LogP contribution >= 0.6 is 0 Å². The lowest BCUT2D eigenvalue weighted by Crippen LogP contribution is -2.28. The third-order valence-electron chi connectivity index (χ3n) is 3.31. The Morgan fingerprint density at radius 2 is 1.83 bits per heavy atom. The van der Waals surface area contributed by atoms with Gasteiger partial charge in [0.1, 0.15) is 17.1 Å². The Morgan fingerprint density at radius 1 is 1.12 bits per heavy atom. The molecule has 0 aliphatic heterocycles. The molecule has 126 valence electrons. The van der Waals surface area contributed by atoms with E-state index in [1.165, 1.54) is 19.2 Å². The third kappa shape index (κ3) is 4.81. The fourth-order valence-electron chi connectivity index (χ4n) is 2.04. The zero-order valence-corrected chi connectivity index (χ0v) is 13.5. The Labute approximate surface area is 139 Å². The molecule has 0 spiro atoms. The molecule has 0 fully saturated rings. The van der Waals surface area contributed by atoms with Gasteiger partial charge in [0.15, 0.2) is 6.61 Å². The lowest BCUT2D eigenvalue weighted by atomic mass is 10.1. The number of aryl methyl sites for hydroxylation is 1. The Bertz CT molecular complexity index is 728. The highest BCUT2D eigenvalue weighted by molar-refractivity contribution is 5.94. The van der Waals surface area contributed by atoms with Crippen molar-refractivity contribution in [1.29, 1.82) is 0 Å². The number of methoxy groups -OCH3 is 1. The third-order valence-corrected chi connectivity index (χ3v) is 3.31. The van der Waals surface area contributed by atoms with Gasteiger partial charge in [-0.25, -0.2) is 9.18 Å². The molecule has 5 nitrogen and oxygen atoms in total. The maximum atomic E-state index is 12.8. The molecule has 2 aromatic carbocycles. The van der Waals surface area contributed by atoms with Crippen LogP contribution < -0.4 is 10.1 Å². The molecule has 0 bridgehead atoms. The molecule has 0 saturated carbocycles. The van der Waals surface area contributed by atoms with Crippen LogP contribution in [-0.4, -0.2) is 25.6 Å². The Kier molecular flexibility index (Phi) is 5.89. The summed E-state index contributed by atoms with van der Waals surface area (Å²) < 4.78 is 22.9. The lowest BCUT2D eigenvalue weighted by molar-refractivity contribution is -0.124. The molecule has 0 saturated heterocycles. The molecule has 2 aromatic rings. The molecule has 0 radical (unpaired) electrons. The summed E-state index contributed by atoms with van der Waals surface area (Å²) in [7, 11) is 1.46. The number of carbonyl (C=O) groups is 2. The number of ether oxygens (including phenoxy) is 2. The molecule has 24 heavy (non-hydrogen) atoms. The van der Waals surface area contributed by atoms with E-state index in [9.17, 15) is 14.0 Å². The van der Waals surface area contributed by atoms with Crippen LogP contribution in [0.4, 0.5) is 4.39 Å². The lowest BCUT2D eigenvalue weighted by Gasteiger charge is -2.10. The molecule has 6 heteroatoms. The molecule has 0 unspecified atom stereocenters. The second kappa shape index (κ2) is 8.10. The molecule has 1 amide bonds. The van der Waals surface area contributed by atoms with E-state index >= 15 is 0 Å². The van der Waals surface area contributed by atoms with Gasteiger partial charge in [-0.3, -0.25) is 4.79 Å². The fraction of sp³-hybridized carbons (Fsp3) is 0.222. The Morgan fingerprint density at radius 3 is 2.50 bits per heavy atom. The monoisotopic (exact) mass is 331 g/mol. The summed E-state index contributed by atoms with van der Waals surface area (Å²) in [5, 5.41) is 2.60. The first kappa shape index (κ1) is 17.5. The van der Waals surface area contributed by atoms with Crippen LogP contribution in [0, 0.1) is 12.7 Å². The van der Waals surface area contributed by atoms with Crippen molar-refractivity contribution in [1.82, 2.24) is 5.32 Å². The predicted molar refractivity (Wildman–Crippen MR) is 86.3 cm³/mol. The fourth-order valence-corrected chi connectivity index (χ4v) is 2.04.